The van der Waals surface area contributed by atoms with Gasteiger partial charge in [0, 0.05) is 25.1 Å². The zero-order chi connectivity index (χ0) is 15.2. The van der Waals surface area contributed by atoms with Crippen LogP contribution in [-0.2, 0) is 11.2 Å². The van der Waals surface area contributed by atoms with E-state index in [1.54, 1.807) is 11.4 Å². The summed E-state index contributed by atoms with van der Waals surface area (Å²) >= 11 is 1.28. The molecule has 1 heterocycles. The molecule has 0 aliphatic carbocycles. The largest absolute Gasteiger partial charge is 0.395 e. The number of nitrogens with zero attached hydrogens (tertiary/aromatic N) is 1. The van der Waals surface area contributed by atoms with E-state index in [-0.39, 0.29) is 25.2 Å². The van der Waals surface area contributed by atoms with E-state index in [2.05, 4.69) is 0 Å². The zero-order valence-corrected chi connectivity index (χ0v) is 12.8. The molecule has 21 heavy (non-hydrogen) atoms. The molecule has 3 nitrogen and oxygen atoms in total. The number of aliphatic hydroxyl groups excluding tert-OH is 1. The molecule has 0 unspecified atom stereocenters. The number of thiophene rings is 1. The normalized spacial score (nSPS) is 11.7. The highest BCUT2D eigenvalue weighted by atomic mass is 32.1. The molecular formula is C15H19F2NO2S. The van der Waals surface area contributed by atoms with Gasteiger partial charge in [-0.05, 0) is 29.9 Å². The molecular weight excluding hydrogens is 296 g/mol. The summed E-state index contributed by atoms with van der Waals surface area (Å²) in [5.74, 6) is -0.986. The SMILES string of the molecule is CN(CCO)CCOCCc1c(F)cc2ccsc2c1F. The Morgan fingerprint density at radius 2 is 2.10 bits per heavy atom. The minimum Gasteiger partial charge on any atom is -0.395 e. The van der Waals surface area contributed by atoms with Gasteiger partial charge in [-0.15, -0.1) is 11.3 Å². The molecule has 1 aromatic heterocycles. The van der Waals surface area contributed by atoms with Gasteiger partial charge in [0.2, 0.25) is 0 Å². The van der Waals surface area contributed by atoms with Crippen molar-refractivity contribution < 1.29 is 18.6 Å². The summed E-state index contributed by atoms with van der Waals surface area (Å²) in [6.07, 6.45) is 0.217. The van der Waals surface area contributed by atoms with Gasteiger partial charge in [-0.25, -0.2) is 8.78 Å². The molecule has 0 bridgehead atoms. The van der Waals surface area contributed by atoms with Crippen LogP contribution in [-0.4, -0.2) is 50.0 Å². The Bertz CT molecular complexity index is 588. The maximum atomic E-state index is 14.2. The summed E-state index contributed by atoms with van der Waals surface area (Å²) in [6.45, 7) is 2.11. The van der Waals surface area contributed by atoms with Gasteiger partial charge >= 0.3 is 0 Å². The van der Waals surface area contributed by atoms with Crippen molar-refractivity contribution in [3.05, 3.63) is 34.7 Å². The average Bonchev–Trinajstić information content (AvgIpc) is 2.90. The van der Waals surface area contributed by atoms with Gasteiger partial charge in [-0.1, -0.05) is 0 Å². The molecule has 1 N–H and O–H groups in total. The maximum absolute atomic E-state index is 14.2. The van der Waals surface area contributed by atoms with Crippen LogP contribution in [0.1, 0.15) is 5.56 Å². The highest BCUT2D eigenvalue weighted by Gasteiger charge is 2.14. The van der Waals surface area contributed by atoms with Crippen molar-refractivity contribution in [1.29, 1.82) is 0 Å². The number of benzene rings is 1. The van der Waals surface area contributed by atoms with Gasteiger partial charge in [0.15, 0.2) is 0 Å². The number of halogens is 2. The Labute approximate surface area is 126 Å². The summed E-state index contributed by atoms with van der Waals surface area (Å²) in [5, 5.41) is 11.1. The van der Waals surface area contributed by atoms with E-state index in [1.165, 1.54) is 17.4 Å². The molecule has 2 aromatic rings. The van der Waals surface area contributed by atoms with Gasteiger partial charge in [0.05, 0.1) is 24.5 Å². The Hall–Kier alpha value is -1.08. The standard InChI is InChI=1S/C15H19F2NO2S/c1-18(4-6-19)5-8-20-7-2-12-13(16)10-11-3-9-21-15(11)14(12)17/h3,9-10,19H,2,4-8H2,1H3. The molecule has 0 fully saturated rings. The third-order valence-electron chi connectivity index (χ3n) is 3.33. The topological polar surface area (TPSA) is 32.7 Å². The van der Waals surface area contributed by atoms with Crippen molar-refractivity contribution in [2.24, 2.45) is 0 Å². The molecule has 1 aromatic carbocycles. The second-order valence-corrected chi connectivity index (χ2v) is 5.80. The van der Waals surface area contributed by atoms with Crippen molar-refractivity contribution in [3.8, 4) is 0 Å². The molecule has 0 aliphatic heterocycles. The lowest BCUT2D eigenvalue weighted by atomic mass is 10.1. The third-order valence-corrected chi connectivity index (χ3v) is 4.25. The van der Waals surface area contributed by atoms with Crippen molar-refractivity contribution in [2.45, 2.75) is 6.42 Å². The van der Waals surface area contributed by atoms with Crippen LogP contribution < -0.4 is 0 Å². The van der Waals surface area contributed by atoms with E-state index in [4.69, 9.17) is 9.84 Å². The van der Waals surface area contributed by atoms with Crippen molar-refractivity contribution >= 4 is 21.4 Å². The van der Waals surface area contributed by atoms with Gasteiger partial charge in [0.1, 0.15) is 11.6 Å². The van der Waals surface area contributed by atoms with Gasteiger partial charge in [-0.3, -0.25) is 0 Å². The quantitative estimate of drug-likeness (QED) is 0.760. The van der Waals surface area contributed by atoms with Crippen LogP contribution in [0.3, 0.4) is 0 Å². The lowest BCUT2D eigenvalue weighted by molar-refractivity contribution is 0.106. The van der Waals surface area contributed by atoms with E-state index in [1.807, 2.05) is 11.9 Å². The Morgan fingerprint density at radius 1 is 1.29 bits per heavy atom. The maximum Gasteiger partial charge on any atom is 0.147 e. The summed E-state index contributed by atoms with van der Waals surface area (Å²) in [7, 11) is 1.88. The van der Waals surface area contributed by atoms with Crippen LogP contribution in [0.5, 0.6) is 0 Å². The molecule has 0 atom stereocenters. The first-order valence-corrected chi connectivity index (χ1v) is 7.72. The minimum atomic E-state index is -0.514. The summed E-state index contributed by atoms with van der Waals surface area (Å²) < 4.78 is 33.9. The fraction of sp³-hybridized carbons (Fsp3) is 0.467. The van der Waals surface area contributed by atoms with Crippen LogP contribution in [0.2, 0.25) is 0 Å². The van der Waals surface area contributed by atoms with Gasteiger partial charge in [0.25, 0.3) is 0 Å². The minimum absolute atomic E-state index is 0.0914. The highest BCUT2D eigenvalue weighted by molar-refractivity contribution is 7.17. The third kappa shape index (κ3) is 4.20. The average molecular weight is 315 g/mol. The van der Waals surface area contributed by atoms with Crippen molar-refractivity contribution in [2.75, 3.05) is 40.0 Å². The molecule has 0 amide bonds. The Kier molecular flexibility index (Phi) is 6.05. The summed E-state index contributed by atoms with van der Waals surface area (Å²) in [6, 6.07) is 3.09. The lowest BCUT2D eigenvalue weighted by Gasteiger charge is -2.14. The molecule has 0 saturated carbocycles. The molecule has 6 heteroatoms. The molecule has 2 rings (SSSR count). The smallest absolute Gasteiger partial charge is 0.147 e. The molecule has 0 spiro atoms. The number of fused-ring (bicyclic) bond motifs is 1. The zero-order valence-electron chi connectivity index (χ0n) is 11.9. The van der Waals surface area contributed by atoms with Gasteiger partial charge in [-0.2, -0.15) is 0 Å². The number of hydrogen-bond acceptors (Lipinski definition) is 4. The number of rotatable bonds is 8. The van der Waals surface area contributed by atoms with E-state index >= 15 is 0 Å². The highest BCUT2D eigenvalue weighted by Crippen LogP contribution is 2.28. The molecule has 116 valence electrons. The molecule has 0 aliphatic rings. The predicted octanol–water partition coefficient (Wildman–Crippen LogP) is 2.66. The predicted molar refractivity (Wildman–Crippen MR) is 80.8 cm³/mol. The van der Waals surface area contributed by atoms with E-state index in [9.17, 15) is 8.78 Å². The number of likely N-dealkylation sites (N-methyl/N-ethyl adjacent to an activating group) is 1. The molecule has 0 saturated heterocycles. The lowest BCUT2D eigenvalue weighted by Crippen LogP contribution is -2.26. The first-order valence-electron chi connectivity index (χ1n) is 6.84. The van der Waals surface area contributed by atoms with Crippen LogP contribution in [0.25, 0.3) is 10.1 Å². The fourth-order valence-corrected chi connectivity index (χ4v) is 2.93. The first kappa shape index (κ1) is 16.3. The van der Waals surface area contributed by atoms with Crippen LogP contribution >= 0.6 is 11.3 Å². The van der Waals surface area contributed by atoms with E-state index in [0.717, 1.165) is 0 Å². The number of ether oxygens (including phenoxy) is 1. The Morgan fingerprint density at radius 3 is 2.86 bits per heavy atom. The number of hydrogen-bond donors (Lipinski definition) is 1. The Balaban J connectivity index is 1.86. The fourth-order valence-electron chi connectivity index (χ4n) is 2.09. The second-order valence-electron chi connectivity index (χ2n) is 4.88. The number of aliphatic hydroxyl groups is 1. The summed E-state index contributed by atoms with van der Waals surface area (Å²) in [4.78, 5) is 1.93. The van der Waals surface area contributed by atoms with Crippen LogP contribution in [0, 0.1) is 11.6 Å². The van der Waals surface area contributed by atoms with Crippen molar-refractivity contribution in [3.63, 3.8) is 0 Å². The van der Waals surface area contributed by atoms with Crippen LogP contribution in [0.15, 0.2) is 17.5 Å². The molecule has 0 radical (unpaired) electrons. The van der Waals surface area contributed by atoms with Gasteiger partial charge < -0.3 is 14.7 Å². The van der Waals surface area contributed by atoms with Crippen molar-refractivity contribution in [1.82, 2.24) is 4.90 Å². The van der Waals surface area contributed by atoms with Crippen LogP contribution in [0.4, 0.5) is 8.78 Å². The second kappa shape index (κ2) is 7.79. The van der Waals surface area contributed by atoms with E-state index in [0.29, 0.717) is 29.8 Å². The first-order chi connectivity index (χ1) is 10.1. The summed E-state index contributed by atoms with van der Waals surface area (Å²) in [5.41, 5.74) is 0.0914. The van der Waals surface area contributed by atoms with E-state index < -0.39 is 11.6 Å². The monoisotopic (exact) mass is 315 g/mol.